The van der Waals surface area contributed by atoms with Gasteiger partial charge in [-0.25, -0.2) is 0 Å². The maximum atomic E-state index is 11.4. The Morgan fingerprint density at radius 1 is 1.25 bits per heavy atom. The van der Waals surface area contributed by atoms with E-state index in [-0.39, 0.29) is 11.6 Å². The highest BCUT2D eigenvalue weighted by Crippen LogP contribution is 2.45. The van der Waals surface area contributed by atoms with Crippen LogP contribution in [0.15, 0.2) is 53.7 Å². The number of thioether (sulfide) groups is 1. The Bertz CT molecular complexity index is 664. The molecule has 0 saturated heterocycles. The number of hydrogen-bond acceptors (Lipinski definition) is 4. The summed E-state index contributed by atoms with van der Waals surface area (Å²) in [6.45, 7) is 4.40. The van der Waals surface area contributed by atoms with Crippen molar-refractivity contribution in [2.45, 2.75) is 56.0 Å². The van der Waals surface area contributed by atoms with Gasteiger partial charge in [0.2, 0.25) is 0 Å². The second-order valence-corrected chi connectivity index (χ2v) is 7.56. The van der Waals surface area contributed by atoms with E-state index in [2.05, 4.69) is 49.2 Å². The van der Waals surface area contributed by atoms with Gasteiger partial charge in [-0.1, -0.05) is 51.0 Å². The lowest BCUT2D eigenvalue weighted by molar-refractivity contribution is -0.193. The SMILES string of the molecule is CCCC[C@@]1(CC)CSc2ccccc2[C@@H](c2cccnc2)N1O. The Balaban J connectivity index is 2.09. The van der Waals surface area contributed by atoms with Gasteiger partial charge in [-0.3, -0.25) is 4.98 Å². The third-order valence-electron chi connectivity index (χ3n) is 5.09. The summed E-state index contributed by atoms with van der Waals surface area (Å²) in [6.07, 6.45) is 7.87. The molecule has 1 aromatic carbocycles. The van der Waals surface area contributed by atoms with Crippen LogP contribution in [0.5, 0.6) is 0 Å². The summed E-state index contributed by atoms with van der Waals surface area (Å²) >= 11 is 1.87. The summed E-state index contributed by atoms with van der Waals surface area (Å²) in [4.78, 5) is 5.55. The third kappa shape index (κ3) is 3.23. The van der Waals surface area contributed by atoms with Crippen molar-refractivity contribution in [3.8, 4) is 0 Å². The number of rotatable bonds is 5. The van der Waals surface area contributed by atoms with E-state index in [0.717, 1.165) is 37.0 Å². The molecule has 2 atom stereocenters. The topological polar surface area (TPSA) is 36.4 Å². The first-order valence-corrected chi connectivity index (χ1v) is 9.80. The number of nitrogens with zero attached hydrogens (tertiary/aromatic N) is 2. The van der Waals surface area contributed by atoms with Crippen molar-refractivity contribution in [2.24, 2.45) is 0 Å². The molecule has 1 aromatic heterocycles. The zero-order valence-corrected chi connectivity index (χ0v) is 15.3. The van der Waals surface area contributed by atoms with Crippen LogP contribution >= 0.6 is 11.8 Å². The van der Waals surface area contributed by atoms with Crippen LogP contribution in [0, 0.1) is 0 Å². The lowest BCUT2D eigenvalue weighted by Crippen LogP contribution is -2.49. The molecule has 0 fully saturated rings. The van der Waals surface area contributed by atoms with Crippen LogP contribution in [-0.2, 0) is 0 Å². The molecule has 0 unspecified atom stereocenters. The van der Waals surface area contributed by atoms with E-state index < -0.39 is 0 Å². The van der Waals surface area contributed by atoms with Gasteiger partial charge < -0.3 is 5.21 Å². The quantitative estimate of drug-likeness (QED) is 0.799. The van der Waals surface area contributed by atoms with Gasteiger partial charge in [0.15, 0.2) is 0 Å². The second-order valence-electron chi connectivity index (χ2n) is 6.54. The summed E-state index contributed by atoms with van der Waals surface area (Å²) in [5, 5.41) is 13.0. The van der Waals surface area contributed by atoms with Gasteiger partial charge in [0, 0.05) is 23.0 Å². The van der Waals surface area contributed by atoms with Crippen molar-refractivity contribution < 1.29 is 5.21 Å². The number of aromatic nitrogens is 1. The molecule has 2 heterocycles. The highest BCUT2D eigenvalue weighted by atomic mass is 32.2. The lowest BCUT2D eigenvalue weighted by atomic mass is 9.87. The number of unbranched alkanes of at least 4 members (excludes halogenated alkanes) is 1. The van der Waals surface area contributed by atoms with Crippen molar-refractivity contribution in [2.75, 3.05) is 5.75 Å². The molecule has 0 bridgehead atoms. The summed E-state index contributed by atoms with van der Waals surface area (Å²) < 4.78 is 0. The third-order valence-corrected chi connectivity index (χ3v) is 6.46. The average Bonchev–Trinajstić information content (AvgIpc) is 2.76. The van der Waals surface area contributed by atoms with E-state index in [1.165, 1.54) is 10.5 Å². The second kappa shape index (κ2) is 7.68. The van der Waals surface area contributed by atoms with E-state index in [0.29, 0.717) is 0 Å². The fourth-order valence-electron chi connectivity index (χ4n) is 3.51. The van der Waals surface area contributed by atoms with E-state index in [9.17, 15) is 5.21 Å². The molecule has 1 aliphatic heterocycles. The minimum Gasteiger partial charge on any atom is -0.312 e. The van der Waals surface area contributed by atoms with Crippen LogP contribution in [-0.4, -0.2) is 26.5 Å². The first-order chi connectivity index (χ1) is 11.7. The minimum absolute atomic E-state index is 0.165. The number of hydroxylamine groups is 2. The summed E-state index contributed by atoms with van der Waals surface area (Å²) in [7, 11) is 0. The van der Waals surface area contributed by atoms with Crippen molar-refractivity contribution in [3.05, 3.63) is 59.9 Å². The van der Waals surface area contributed by atoms with Crippen molar-refractivity contribution in [1.82, 2.24) is 10.0 Å². The normalized spacial score (nSPS) is 24.4. The largest absolute Gasteiger partial charge is 0.312 e. The highest BCUT2D eigenvalue weighted by Gasteiger charge is 2.42. The molecule has 24 heavy (non-hydrogen) atoms. The van der Waals surface area contributed by atoms with Gasteiger partial charge >= 0.3 is 0 Å². The molecule has 3 nitrogen and oxygen atoms in total. The van der Waals surface area contributed by atoms with Crippen LogP contribution in [0.4, 0.5) is 0 Å². The molecule has 0 aliphatic carbocycles. The van der Waals surface area contributed by atoms with Crippen LogP contribution in [0.25, 0.3) is 0 Å². The highest BCUT2D eigenvalue weighted by molar-refractivity contribution is 7.99. The van der Waals surface area contributed by atoms with Crippen molar-refractivity contribution >= 4 is 11.8 Å². The maximum absolute atomic E-state index is 11.4. The Morgan fingerprint density at radius 2 is 2.08 bits per heavy atom. The predicted molar refractivity (Wildman–Crippen MR) is 99.4 cm³/mol. The van der Waals surface area contributed by atoms with Gasteiger partial charge in [-0.2, -0.15) is 5.06 Å². The molecule has 0 amide bonds. The van der Waals surface area contributed by atoms with Crippen molar-refractivity contribution in [1.29, 1.82) is 0 Å². The van der Waals surface area contributed by atoms with Crippen LogP contribution < -0.4 is 0 Å². The molecule has 4 heteroatoms. The molecule has 128 valence electrons. The lowest BCUT2D eigenvalue weighted by Gasteiger charge is -2.42. The van der Waals surface area contributed by atoms with E-state index in [1.807, 2.05) is 24.0 Å². The van der Waals surface area contributed by atoms with Gasteiger partial charge in [-0.15, -0.1) is 11.8 Å². The number of benzene rings is 1. The molecule has 3 rings (SSSR count). The zero-order chi connectivity index (χ0) is 17.0. The fourth-order valence-corrected chi connectivity index (χ4v) is 4.94. The zero-order valence-electron chi connectivity index (χ0n) is 14.5. The average molecular weight is 343 g/mol. The summed E-state index contributed by atoms with van der Waals surface area (Å²) in [6, 6.07) is 12.3. The molecule has 0 radical (unpaired) electrons. The van der Waals surface area contributed by atoms with E-state index in [1.54, 1.807) is 11.3 Å². The van der Waals surface area contributed by atoms with Crippen LogP contribution in [0.3, 0.4) is 0 Å². The van der Waals surface area contributed by atoms with Crippen LogP contribution in [0.2, 0.25) is 0 Å². The smallest absolute Gasteiger partial charge is 0.0882 e. The fraction of sp³-hybridized carbons (Fsp3) is 0.450. The van der Waals surface area contributed by atoms with Crippen LogP contribution in [0.1, 0.15) is 56.7 Å². The molecular formula is C20H26N2OS. The Hall–Kier alpha value is -1.36. The summed E-state index contributed by atoms with van der Waals surface area (Å²) in [5.41, 5.74) is 2.01. The number of pyridine rings is 1. The standard InChI is InChI=1S/C20H26N2OS/c1-3-5-12-20(4-2)15-24-18-11-7-6-10-17(18)19(22(20)23)16-9-8-13-21-14-16/h6-11,13-14,19,23H,3-5,12,15H2,1-2H3/t19-,20+/m1/s1. The number of hydrogen-bond donors (Lipinski definition) is 1. The Kier molecular flexibility index (Phi) is 5.59. The number of fused-ring (bicyclic) bond motifs is 1. The Morgan fingerprint density at radius 3 is 2.79 bits per heavy atom. The van der Waals surface area contributed by atoms with E-state index >= 15 is 0 Å². The summed E-state index contributed by atoms with van der Waals surface area (Å²) in [5.74, 6) is 0.910. The molecule has 1 N–H and O–H groups in total. The Labute approximate surface area is 149 Å². The molecule has 0 saturated carbocycles. The van der Waals surface area contributed by atoms with Gasteiger partial charge in [0.1, 0.15) is 0 Å². The van der Waals surface area contributed by atoms with Gasteiger partial charge in [0.25, 0.3) is 0 Å². The maximum Gasteiger partial charge on any atom is 0.0882 e. The predicted octanol–water partition coefficient (Wildman–Crippen LogP) is 5.31. The molecule has 1 aliphatic rings. The molecular weight excluding hydrogens is 316 g/mol. The monoisotopic (exact) mass is 342 g/mol. The van der Waals surface area contributed by atoms with Gasteiger partial charge in [-0.05, 0) is 36.1 Å². The minimum atomic E-state index is -0.208. The van der Waals surface area contributed by atoms with Gasteiger partial charge in [0.05, 0.1) is 11.6 Å². The van der Waals surface area contributed by atoms with E-state index in [4.69, 9.17) is 0 Å². The molecule has 0 spiro atoms. The first kappa shape index (κ1) is 17.5. The van der Waals surface area contributed by atoms with Crippen molar-refractivity contribution in [3.63, 3.8) is 0 Å². The first-order valence-electron chi connectivity index (χ1n) is 8.81. The molecule has 2 aromatic rings.